The summed E-state index contributed by atoms with van der Waals surface area (Å²) in [4.78, 5) is 43.2. The second-order valence-corrected chi connectivity index (χ2v) is 9.19. The maximum absolute atomic E-state index is 13.6. The summed E-state index contributed by atoms with van der Waals surface area (Å²) in [6.45, 7) is 0.696. The third kappa shape index (κ3) is 4.80. The fourth-order valence-corrected chi connectivity index (χ4v) is 5.13. The fraction of sp³-hybridized carbons (Fsp3) is 0.276. The van der Waals surface area contributed by atoms with Gasteiger partial charge in [-0.2, -0.15) is 0 Å². The second kappa shape index (κ2) is 10.4. The average Bonchev–Trinajstić information content (AvgIpc) is 3.24. The first-order chi connectivity index (χ1) is 18.0. The van der Waals surface area contributed by atoms with Crippen LogP contribution in [0.1, 0.15) is 23.1 Å². The van der Waals surface area contributed by atoms with Crippen molar-refractivity contribution in [3.8, 4) is 11.5 Å². The van der Waals surface area contributed by atoms with Gasteiger partial charge in [0.1, 0.15) is 0 Å². The molecule has 5 rings (SSSR count). The molecule has 3 aromatic rings. The molecule has 2 aliphatic rings. The number of para-hydroxylation sites is 1. The van der Waals surface area contributed by atoms with E-state index in [9.17, 15) is 14.4 Å². The van der Waals surface area contributed by atoms with E-state index in [4.69, 9.17) is 9.47 Å². The van der Waals surface area contributed by atoms with Gasteiger partial charge in [0.25, 0.3) is 5.91 Å². The Bertz CT molecular complexity index is 1310. The Morgan fingerprint density at radius 3 is 2.16 bits per heavy atom. The number of carbonyl (C=O) groups is 3. The number of ether oxygens (including phenoxy) is 2. The topological polar surface area (TPSA) is 88.2 Å². The lowest BCUT2D eigenvalue weighted by molar-refractivity contribution is -0.131. The minimum atomic E-state index is -0.749. The average molecular weight is 500 g/mol. The van der Waals surface area contributed by atoms with Crippen LogP contribution in [0.5, 0.6) is 11.5 Å². The Morgan fingerprint density at radius 1 is 0.892 bits per heavy atom. The minimum Gasteiger partial charge on any atom is -0.493 e. The summed E-state index contributed by atoms with van der Waals surface area (Å²) in [7, 11) is 3.14. The van der Waals surface area contributed by atoms with E-state index >= 15 is 0 Å². The van der Waals surface area contributed by atoms with Crippen molar-refractivity contribution in [1.29, 1.82) is 0 Å². The number of nitrogens with one attached hydrogen (secondary N) is 1. The van der Waals surface area contributed by atoms with Gasteiger partial charge in [-0.1, -0.05) is 48.5 Å². The maximum Gasteiger partial charge on any atom is 0.251 e. The predicted molar refractivity (Wildman–Crippen MR) is 138 cm³/mol. The quantitative estimate of drug-likeness (QED) is 0.503. The summed E-state index contributed by atoms with van der Waals surface area (Å²) >= 11 is 0. The summed E-state index contributed by atoms with van der Waals surface area (Å²) < 4.78 is 11.0. The van der Waals surface area contributed by atoms with Gasteiger partial charge in [0.15, 0.2) is 11.5 Å². The van der Waals surface area contributed by atoms with Crippen molar-refractivity contribution in [2.24, 2.45) is 0 Å². The summed E-state index contributed by atoms with van der Waals surface area (Å²) in [5, 5.41) is 3.03. The first-order valence-electron chi connectivity index (χ1n) is 12.2. The largest absolute Gasteiger partial charge is 0.493 e. The minimum absolute atomic E-state index is 0.0127. The zero-order chi connectivity index (χ0) is 25.9. The molecule has 0 bridgehead atoms. The van der Waals surface area contributed by atoms with Crippen molar-refractivity contribution in [2.75, 3.05) is 19.1 Å². The number of hydrogen-bond acceptors (Lipinski definition) is 6. The molecule has 2 atom stereocenters. The van der Waals surface area contributed by atoms with Gasteiger partial charge in [0.05, 0.1) is 38.4 Å². The van der Waals surface area contributed by atoms with E-state index in [2.05, 4.69) is 5.32 Å². The number of fused-ring (bicyclic) bond motifs is 1. The Balaban J connectivity index is 1.47. The molecule has 37 heavy (non-hydrogen) atoms. The van der Waals surface area contributed by atoms with Gasteiger partial charge in [-0.3, -0.25) is 19.3 Å². The van der Waals surface area contributed by atoms with Crippen molar-refractivity contribution in [2.45, 2.75) is 38.0 Å². The molecule has 190 valence electrons. The number of carbonyl (C=O) groups excluding carboxylic acids is 3. The Kier molecular flexibility index (Phi) is 6.92. The molecule has 3 aromatic carbocycles. The van der Waals surface area contributed by atoms with Crippen molar-refractivity contribution < 1.29 is 23.9 Å². The maximum atomic E-state index is 13.6. The molecule has 1 N–H and O–H groups in total. The van der Waals surface area contributed by atoms with E-state index in [-0.39, 0.29) is 24.1 Å². The molecule has 8 nitrogen and oxygen atoms in total. The van der Waals surface area contributed by atoms with Gasteiger partial charge in [0, 0.05) is 13.1 Å². The lowest BCUT2D eigenvalue weighted by atomic mass is 9.91. The molecule has 0 aromatic heterocycles. The third-order valence-electron chi connectivity index (χ3n) is 7.02. The lowest BCUT2D eigenvalue weighted by Gasteiger charge is -2.39. The highest BCUT2D eigenvalue weighted by Crippen LogP contribution is 2.37. The van der Waals surface area contributed by atoms with Gasteiger partial charge in [-0.15, -0.1) is 0 Å². The van der Waals surface area contributed by atoms with Crippen LogP contribution in [0.3, 0.4) is 0 Å². The van der Waals surface area contributed by atoms with Crippen LogP contribution in [0.15, 0.2) is 72.8 Å². The molecule has 2 heterocycles. The summed E-state index contributed by atoms with van der Waals surface area (Å²) in [6, 6.07) is 21.0. The molecule has 1 saturated heterocycles. The molecule has 8 heteroatoms. The number of nitrogens with zero attached hydrogens (tertiary/aromatic N) is 2. The second-order valence-electron chi connectivity index (χ2n) is 9.19. The summed E-state index contributed by atoms with van der Waals surface area (Å²) in [5.74, 6) is 0.375. The van der Waals surface area contributed by atoms with Crippen LogP contribution < -0.4 is 19.7 Å². The van der Waals surface area contributed by atoms with E-state index in [0.717, 1.165) is 16.7 Å². The molecule has 0 radical (unpaired) electrons. The molecule has 3 amide bonds. The van der Waals surface area contributed by atoms with Crippen molar-refractivity contribution in [3.05, 3.63) is 89.5 Å². The Hall–Kier alpha value is -4.17. The fourth-order valence-electron chi connectivity index (χ4n) is 5.13. The SMILES string of the molecule is COc1cc2c(cc1OC)CN([C@H]1CC(=O)N(c3ccccc3)C1=O)[C@H](C(=O)NCc1ccccc1)C2. The van der Waals surface area contributed by atoms with Crippen LogP contribution in [0, 0.1) is 0 Å². The molecule has 0 spiro atoms. The van der Waals surface area contributed by atoms with E-state index in [1.54, 1.807) is 38.5 Å². The number of methoxy groups -OCH3 is 2. The number of anilines is 1. The van der Waals surface area contributed by atoms with Crippen molar-refractivity contribution in [3.63, 3.8) is 0 Å². The standard InChI is InChI=1S/C29H29N3O5/c1-36-25-14-20-13-23(28(34)30-17-19-9-5-3-6-10-19)31(18-21(20)15-26(25)37-2)24-16-27(33)32(29(24)35)22-11-7-4-8-12-22/h3-12,14-15,23-24H,13,16-18H2,1-2H3,(H,30,34)/t23-,24-/m0/s1. The van der Waals surface area contributed by atoms with Crippen LogP contribution in [0.4, 0.5) is 5.69 Å². The molecule has 1 fully saturated rings. The highest BCUT2D eigenvalue weighted by atomic mass is 16.5. The molecular formula is C29H29N3O5. The van der Waals surface area contributed by atoms with Gasteiger partial charge < -0.3 is 14.8 Å². The van der Waals surface area contributed by atoms with Crippen LogP contribution >= 0.6 is 0 Å². The molecule has 0 unspecified atom stereocenters. The number of hydrogen-bond donors (Lipinski definition) is 1. The van der Waals surface area contributed by atoms with Gasteiger partial charge in [-0.05, 0) is 47.4 Å². The smallest absolute Gasteiger partial charge is 0.251 e. The van der Waals surface area contributed by atoms with Crippen molar-refractivity contribution >= 4 is 23.4 Å². The van der Waals surface area contributed by atoms with Gasteiger partial charge in [-0.25, -0.2) is 4.90 Å². The Labute approximate surface area is 215 Å². The third-order valence-corrected chi connectivity index (χ3v) is 7.02. The summed E-state index contributed by atoms with van der Waals surface area (Å²) in [6.07, 6.45) is 0.387. The monoisotopic (exact) mass is 499 g/mol. The van der Waals surface area contributed by atoms with Crippen LogP contribution in [0.2, 0.25) is 0 Å². The zero-order valence-electron chi connectivity index (χ0n) is 20.8. The van der Waals surface area contributed by atoms with Crippen LogP contribution in [0.25, 0.3) is 0 Å². The number of benzene rings is 3. The molecular weight excluding hydrogens is 470 g/mol. The predicted octanol–water partition coefficient (Wildman–Crippen LogP) is 3.08. The molecule has 0 saturated carbocycles. The number of rotatable bonds is 7. The van der Waals surface area contributed by atoms with E-state index < -0.39 is 12.1 Å². The molecule has 2 aliphatic heterocycles. The van der Waals surface area contributed by atoms with Crippen molar-refractivity contribution in [1.82, 2.24) is 10.2 Å². The van der Waals surface area contributed by atoms with E-state index in [1.165, 1.54) is 4.90 Å². The Morgan fingerprint density at radius 2 is 1.51 bits per heavy atom. The normalized spacial score (nSPS) is 19.5. The van der Waals surface area contributed by atoms with Gasteiger partial charge in [0.2, 0.25) is 11.8 Å². The number of imide groups is 1. The summed E-state index contributed by atoms with van der Waals surface area (Å²) in [5.41, 5.74) is 3.40. The van der Waals surface area contributed by atoms with E-state index in [1.807, 2.05) is 53.4 Å². The highest BCUT2D eigenvalue weighted by Gasteiger charge is 2.47. The van der Waals surface area contributed by atoms with Gasteiger partial charge >= 0.3 is 0 Å². The van der Waals surface area contributed by atoms with E-state index in [0.29, 0.717) is 36.7 Å². The first kappa shape index (κ1) is 24.5. The zero-order valence-corrected chi connectivity index (χ0v) is 20.8. The first-order valence-corrected chi connectivity index (χ1v) is 12.2. The highest BCUT2D eigenvalue weighted by molar-refractivity contribution is 6.22. The van der Waals surface area contributed by atoms with Crippen LogP contribution in [-0.4, -0.2) is 48.9 Å². The lowest BCUT2D eigenvalue weighted by Crippen LogP contribution is -2.55. The molecule has 0 aliphatic carbocycles. The number of amides is 3. The van der Waals surface area contributed by atoms with Crippen LogP contribution in [-0.2, 0) is 33.9 Å².